The summed E-state index contributed by atoms with van der Waals surface area (Å²) < 4.78 is 21.4. The number of carboxylic acid groups (broad SMARTS) is 2. The summed E-state index contributed by atoms with van der Waals surface area (Å²) in [6.07, 6.45) is -16.0. The average Bonchev–Trinajstić information content (AvgIpc) is 2.80. The van der Waals surface area contributed by atoms with Crippen molar-refractivity contribution in [3.05, 3.63) is 0 Å². The highest BCUT2D eigenvalue weighted by molar-refractivity contribution is 5.77. The normalized spacial score (nSPS) is 40.5. The van der Waals surface area contributed by atoms with Crippen LogP contribution in [-0.4, -0.2) is 138 Å². The minimum absolute atomic E-state index is 0.146. The first-order chi connectivity index (χ1) is 15.9. The third-order valence-electron chi connectivity index (χ3n) is 5.71. The number of ether oxygens (including phenoxy) is 4. The molecule has 0 amide bonds. The molecule has 2 fully saturated rings. The number of aliphatic carboxylic acids is 2. The first kappa shape index (κ1) is 28.7. The van der Waals surface area contributed by atoms with Gasteiger partial charge in [0.1, 0.15) is 36.6 Å². The molecular weight excluding hydrogens is 468 g/mol. The minimum Gasteiger partial charge on any atom is -0.477 e. The summed E-state index contributed by atoms with van der Waals surface area (Å²) in [6, 6.07) is 0. The van der Waals surface area contributed by atoms with Crippen LogP contribution in [0.2, 0.25) is 0 Å². The first-order valence-electron chi connectivity index (χ1n) is 10.6. The van der Waals surface area contributed by atoms with Crippen LogP contribution in [0.25, 0.3) is 0 Å². The summed E-state index contributed by atoms with van der Waals surface area (Å²) in [5.41, 5.74) is 0. The van der Waals surface area contributed by atoms with Gasteiger partial charge in [-0.05, 0) is 6.42 Å². The fourth-order valence-corrected chi connectivity index (χ4v) is 3.89. The van der Waals surface area contributed by atoms with Crippen LogP contribution in [0.5, 0.6) is 0 Å². The Bertz CT molecular complexity index is 705. The lowest BCUT2D eigenvalue weighted by atomic mass is 9.90. The number of aliphatic hydroxyl groups is 7. The molecule has 0 aromatic carbocycles. The van der Waals surface area contributed by atoms with Crippen LogP contribution in [0.1, 0.15) is 26.2 Å². The molecule has 0 spiro atoms. The van der Waals surface area contributed by atoms with Crippen molar-refractivity contribution in [3.63, 3.8) is 0 Å². The van der Waals surface area contributed by atoms with Crippen LogP contribution in [0.3, 0.4) is 0 Å². The number of carboxylic acids is 2. The molecule has 0 bridgehead atoms. The van der Waals surface area contributed by atoms with E-state index in [0.717, 1.165) is 0 Å². The van der Waals surface area contributed by atoms with Crippen LogP contribution in [0.4, 0.5) is 0 Å². The Morgan fingerprint density at radius 3 is 1.88 bits per heavy atom. The molecule has 2 rings (SSSR count). The van der Waals surface area contributed by atoms with Gasteiger partial charge in [-0.2, -0.15) is 0 Å². The van der Waals surface area contributed by atoms with Gasteiger partial charge >= 0.3 is 11.9 Å². The molecular formula is C19H32O15. The molecule has 0 saturated carbocycles. The van der Waals surface area contributed by atoms with Gasteiger partial charge in [0.15, 0.2) is 0 Å². The molecule has 10 atom stereocenters. The van der Waals surface area contributed by atoms with Crippen molar-refractivity contribution in [2.75, 3.05) is 19.8 Å². The largest absolute Gasteiger partial charge is 0.477 e. The minimum atomic E-state index is -2.83. The second-order valence-electron chi connectivity index (χ2n) is 8.24. The molecule has 34 heavy (non-hydrogen) atoms. The maximum Gasteiger partial charge on any atom is 0.364 e. The molecule has 15 heteroatoms. The molecule has 2 saturated heterocycles. The third-order valence-corrected chi connectivity index (χ3v) is 5.71. The van der Waals surface area contributed by atoms with Gasteiger partial charge in [0, 0.05) is 12.8 Å². The number of hydrogen-bond donors (Lipinski definition) is 9. The van der Waals surface area contributed by atoms with E-state index in [1.807, 2.05) is 0 Å². The molecule has 0 aromatic heterocycles. The summed E-state index contributed by atoms with van der Waals surface area (Å²) in [4.78, 5) is 24.2. The van der Waals surface area contributed by atoms with Crippen LogP contribution in [-0.2, 0) is 28.5 Å². The maximum atomic E-state index is 12.2. The van der Waals surface area contributed by atoms with E-state index in [1.54, 1.807) is 6.92 Å². The van der Waals surface area contributed by atoms with E-state index >= 15 is 0 Å². The maximum absolute atomic E-state index is 12.2. The summed E-state index contributed by atoms with van der Waals surface area (Å²) in [6.45, 7) is -0.418. The first-order valence-corrected chi connectivity index (χ1v) is 10.6. The molecule has 2 heterocycles. The van der Waals surface area contributed by atoms with Crippen molar-refractivity contribution in [3.8, 4) is 0 Å². The van der Waals surface area contributed by atoms with Gasteiger partial charge in [-0.15, -0.1) is 0 Å². The van der Waals surface area contributed by atoms with Crippen molar-refractivity contribution < 1.29 is 74.5 Å². The van der Waals surface area contributed by atoms with Crippen molar-refractivity contribution in [1.82, 2.24) is 0 Å². The van der Waals surface area contributed by atoms with Gasteiger partial charge in [0.25, 0.3) is 11.6 Å². The zero-order valence-corrected chi connectivity index (χ0v) is 18.3. The highest BCUT2D eigenvalue weighted by atomic mass is 16.8. The van der Waals surface area contributed by atoms with Crippen molar-refractivity contribution in [1.29, 1.82) is 0 Å². The fraction of sp³-hybridized carbons (Fsp3) is 0.895. The Morgan fingerprint density at radius 1 is 0.912 bits per heavy atom. The number of aliphatic hydroxyl groups excluding tert-OH is 7. The summed E-state index contributed by atoms with van der Waals surface area (Å²) in [5, 5.41) is 89.2. The predicted octanol–water partition coefficient (Wildman–Crippen LogP) is -4.27. The Kier molecular flexibility index (Phi) is 9.71. The standard InChI is InChI=1S/C19H32O15/c1-2-3-31-18(16(27)28)5-11(13(26)15(33-18)10(24)7-21)32-19(17(29)30)4-8(22)12(25)14(34-19)9(23)6-20/h8-15,20-26H,2-7H2,1H3,(H,27,28)(H,29,30)/t8-,9-,10-,11-,12-,13-,14-,15-,18-,19-/m1/s1. The molecule has 9 N–H and O–H groups in total. The van der Waals surface area contributed by atoms with E-state index in [0.29, 0.717) is 6.42 Å². The SMILES string of the molecule is CCCO[C@]1(C(=O)O)C[C@@H](O[C@]2(C(=O)O)C[C@@H](O)[C@@H](O)[C@@H]([C@H](O)CO)O2)[C@@H](O)[C@@H]([C@H](O)CO)O1. The molecule has 0 aromatic rings. The van der Waals surface area contributed by atoms with Crippen LogP contribution < -0.4 is 0 Å². The van der Waals surface area contributed by atoms with Crippen LogP contribution >= 0.6 is 0 Å². The predicted molar refractivity (Wildman–Crippen MR) is 105 cm³/mol. The second-order valence-corrected chi connectivity index (χ2v) is 8.24. The summed E-state index contributed by atoms with van der Waals surface area (Å²) >= 11 is 0. The fourth-order valence-electron chi connectivity index (χ4n) is 3.89. The lowest BCUT2D eigenvalue weighted by molar-refractivity contribution is -0.374. The Hall–Kier alpha value is -1.50. The highest BCUT2D eigenvalue weighted by Crippen LogP contribution is 2.40. The lowest BCUT2D eigenvalue weighted by Crippen LogP contribution is -2.68. The Labute approximate surface area is 193 Å². The van der Waals surface area contributed by atoms with Gasteiger partial charge in [0.2, 0.25) is 0 Å². The second kappa shape index (κ2) is 11.5. The van der Waals surface area contributed by atoms with Gasteiger partial charge in [-0.25, -0.2) is 9.59 Å². The zero-order chi connectivity index (χ0) is 25.8. The van der Waals surface area contributed by atoms with Crippen molar-refractivity contribution in [2.45, 2.75) is 86.6 Å². The van der Waals surface area contributed by atoms with Crippen LogP contribution in [0.15, 0.2) is 0 Å². The van der Waals surface area contributed by atoms with E-state index in [-0.39, 0.29) is 6.61 Å². The molecule has 0 aliphatic carbocycles. The molecule has 0 radical (unpaired) electrons. The quantitative estimate of drug-likeness (QED) is 0.130. The number of hydrogen-bond acceptors (Lipinski definition) is 13. The highest BCUT2D eigenvalue weighted by Gasteiger charge is 2.60. The summed E-state index contributed by atoms with van der Waals surface area (Å²) in [5.74, 6) is -8.89. The van der Waals surface area contributed by atoms with E-state index in [4.69, 9.17) is 18.9 Å². The Morgan fingerprint density at radius 2 is 1.41 bits per heavy atom. The topological polar surface area (TPSA) is 253 Å². The van der Waals surface area contributed by atoms with Crippen molar-refractivity contribution >= 4 is 11.9 Å². The van der Waals surface area contributed by atoms with E-state index in [2.05, 4.69) is 0 Å². The van der Waals surface area contributed by atoms with Crippen LogP contribution in [0, 0.1) is 0 Å². The van der Waals surface area contributed by atoms with E-state index < -0.39 is 98.4 Å². The molecule has 0 unspecified atom stereocenters. The summed E-state index contributed by atoms with van der Waals surface area (Å²) in [7, 11) is 0. The van der Waals surface area contributed by atoms with Crippen molar-refractivity contribution in [2.24, 2.45) is 0 Å². The molecule has 2 aliphatic heterocycles. The van der Waals surface area contributed by atoms with Gasteiger partial charge in [0.05, 0.1) is 32.0 Å². The van der Waals surface area contributed by atoms with Gasteiger partial charge in [-0.3, -0.25) is 0 Å². The van der Waals surface area contributed by atoms with Gasteiger partial charge in [-0.1, -0.05) is 6.92 Å². The number of rotatable bonds is 11. The third kappa shape index (κ3) is 5.66. The van der Waals surface area contributed by atoms with E-state index in [9.17, 15) is 55.5 Å². The molecule has 2 aliphatic rings. The lowest BCUT2D eigenvalue weighted by Gasteiger charge is -2.49. The van der Waals surface area contributed by atoms with Gasteiger partial charge < -0.3 is 64.9 Å². The van der Waals surface area contributed by atoms with E-state index in [1.165, 1.54) is 0 Å². The monoisotopic (exact) mass is 500 g/mol. The average molecular weight is 500 g/mol. The molecule has 198 valence electrons. The number of carbonyl (C=O) groups is 2. The molecule has 15 nitrogen and oxygen atoms in total. The smallest absolute Gasteiger partial charge is 0.364 e. The Balaban J connectivity index is 2.47. The zero-order valence-electron chi connectivity index (χ0n) is 18.3.